The number of nitrogens with zero attached hydrogens (tertiary/aromatic N) is 1. The summed E-state index contributed by atoms with van der Waals surface area (Å²) in [5.74, 6) is -1.16. The number of thiazole rings is 1. The van der Waals surface area contributed by atoms with E-state index in [1.54, 1.807) is 29.9 Å². The van der Waals surface area contributed by atoms with Crippen LogP contribution in [0.15, 0.2) is 52.8 Å². The quantitative estimate of drug-likeness (QED) is 0.587. The molecule has 0 radical (unpaired) electrons. The Kier molecular flexibility index (Phi) is 3.88. The zero-order valence-corrected chi connectivity index (χ0v) is 14.4. The van der Waals surface area contributed by atoms with Gasteiger partial charge in [0.1, 0.15) is 11.4 Å². The number of carbonyl (C=O) groups excluding carboxylic acids is 1. The van der Waals surface area contributed by atoms with Gasteiger partial charge in [0.2, 0.25) is 0 Å². The minimum absolute atomic E-state index is 0.113. The molecule has 3 heterocycles. The Morgan fingerprint density at radius 1 is 1.33 bits per heavy atom. The predicted molar refractivity (Wildman–Crippen MR) is 94.0 cm³/mol. The van der Waals surface area contributed by atoms with Crippen molar-refractivity contribution in [3.63, 3.8) is 0 Å². The number of hydrogen-bond donors (Lipinski definition) is 4. The van der Waals surface area contributed by atoms with Gasteiger partial charge in [-0.3, -0.25) is 9.78 Å². The predicted octanol–water partition coefficient (Wildman–Crippen LogP) is 1.91. The van der Waals surface area contributed by atoms with Crippen molar-refractivity contribution in [2.75, 3.05) is 17.6 Å². The highest BCUT2D eigenvalue weighted by Gasteiger charge is 2.47. The molecule has 1 amide bonds. The van der Waals surface area contributed by atoms with Crippen LogP contribution in [-0.2, 0) is 14.3 Å². The highest BCUT2D eigenvalue weighted by atomic mass is 32.1. The summed E-state index contributed by atoms with van der Waals surface area (Å²) in [7, 11) is 0. The van der Waals surface area contributed by atoms with E-state index in [1.807, 2.05) is 0 Å². The molecule has 1 aromatic carbocycles. The molecule has 0 spiro atoms. The maximum atomic E-state index is 13.2. The number of nitrogens with two attached hydrogens (primary N) is 2. The van der Waals surface area contributed by atoms with E-state index in [1.165, 1.54) is 11.3 Å². The Morgan fingerprint density at radius 2 is 2.15 bits per heavy atom. The van der Waals surface area contributed by atoms with E-state index in [-0.39, 0.29) is 29.5 Å². The molecule has 0 saturated heterocycles. The molecule has 2 aromatic rings. The van der Waals surface area contributed by atoms with Crippen LogP contribution in [0.5, 0.6) is 0 Å². The Hall–Kier alpha value is -3.34. The van der Waals surface area contributed by atoms with E-state index in [4.69, 9.17) is 11.5 Å². The van der Waals surface area contributed by atoms with E-state index in [2.05, 4.69) is 25.1 Å². The summed E-state index contributed by atoms with van der Waals surface area (Å²) >= 11 is 1.43. The van der Waals surface area contributed by atoms with E-state index < -0.39 is 12.2 Å². The number of ether oxygens (including phenoxy) is 2. The van der Waals surface area contributed by atoms with Crippen molar-refractivity contribution >= 4 is 28.6 Å². The van der Waals surface area contributed by atoms with Gasteiger partial charge in [-0.25, -0.2) is 0 Å². The van der Waals surface area contributed by atoms with Crippen molar-refractivity contribution in [3.8, 4) is 10.4 Å². The second kappa shape index (κ2) is 6.13. The molecule has 2 aliphatic rings. The van der Waals surface area contributed by atoms with Gasteiger partial charge in [-0.2, -0.15) is 0 Å². The molecule has 6 N–H and O–H groups in total. The molecule has 0 unspecified atom stereocenters. The first-order valence-electron chi connectivity index (χ1n) is 7.67. The molecule has 4 rings (SSSR count). The molecule has 0 fully saturated rings. The van der Waals surface area contributed by atoms with Gasteiger partial charge in [-0.1, -0.05) is 6.07 Å². The lowest BCUT2D eigenvalue weighted by molar-refractivity contribution is -0.336. The average Bonchev–Trinajstić information content (AvgIpc) is 3.24. The fourth-order valence-corrected chi connectivity index (χ4v) is 3.27. The third-order valence-corrected chi connectivity index (χ3v) is 4.72. The first kappa shape index (κ1) is 17.1. The maximum Gasteiger partial charge on any atom is 0.586 e. The second-order valence-electron chi connectivity index (χ2n) is 5.68. The summed E-state index contributed by atoms with van der Waals surface area (Å²) in [5, 5.41) is 5.28. The summed E-state index contributed by atoms with van der Waals surface area (Å²) in [4.78, 5) is 17.5. The normalized spacial score (nSPS) is 17.7. The summed E-state index contributed by atoms with van der Waals surface area (Å²) < 4.78 is 35.1. The van der Waals surface area contributed by atoms with Crippen LogP contribution in [-0.4, -0.2) is 23.7 Å². The summed E-state index contributed by atoms with van der Waals surface area (Å²) in [6.07, 6.45) is -2.12. The van der Waals surface area contributed by atoms with Gasteiger partial charge in [0.25, 0.3) is 5.91 Å². The number of alkyl halides is 2. The molecule has 1 aromatic heterocycles. The third-order valence-electron chi connectivity index (χ3n) is 3.90. The van der Waals surface area contributed by atoms with Gasteiger partial charge in [-0.15, -0.1) is 20.1 Å². The SMILES string of the molecule is NC1=C(C(=O)Nc2cc(-c3cncs3)ccc2N)NCC2=C1OC(F)(F)O2. The zero-order chi connectivity index (χ0) is 19.2. The first-order valence-corrected chi connectivity index (χ1v) is 8.55. The Labute approximate surface area is 155 Å². The molecular formula is C16H13F2N5O3S. The van der Waals surface area contributed by atoms with Crippen LogP contribution in [0.25, 0.3) is 10.4 Å². The summed E-state index contributed by atoms with van der Waals surface area (Å²) in [6.45, 7) is -0.162. The molecular weight excluding hydrogens is 380 g/mol. The molecule has 8 nitrogen and oxygen atoms in total. The van der Waals surface area contributed by atoms with Crippen LogP contribution < -0.4 is 22.1 Å². The highest BCUT2D eigenvalue weighted by molar-refractivity contribution is 7.13. The van der Waals surface area contributed by atoms with Crippen LogP contribution in [0, 0.1) is 0 Å². The standard InChI is InChI=1S/C16H13F2N5O3S/c17-16(18)25-10-4-22-13(12(20)14(10)26-16)15(24)23-9-3-7(1-2-8(9)19)11-5-21-6-27-11/h1-3,5-6,22H,4,19-20H2,(H,23,24). The number of benzene rings is 1. The molecule has 11 heteroatoms. The molecule has 0 bridgehead atoms. The Bertz CT molecular complexity index is 988. The smallest absolute Gasteiger partial charge is 0.398 e. The number of halogens is 2. The van der Waals surface area contributed by atoms with Crippen molar-refractivity contribution in [2.45, 2.75) is 6.29 Å². The molecule has 27 heavy (non-hydrogen) atoms. The molecule has 0 saturated carbocycles. The van der Waals surface area contributed by atoms with Crippen LogP contribution in [0.3, 0.4) is 0 Å². The van der Waals surface area contributed by atoms with E-state index in [0.29, 0.717) is 11.4 Å². The number of hydrogen-bond acceptors (Lipinski definition) is 8. The van der Waals surface area contributed by atoms with Crippen LogP contribution >= 0.6 is 11.3 Å². The maximum absolute atomic E-state index is 13.2. The summed E-state index contributed by atoms with van der Waals surface area (Å²) in [6, 6.07) is 5.13. The number of nitrogen functional groups attached to an aromatic ring is 1. The number of rotatable bonds is 3. The number of dihydropyridines is 1. The first-order chi connectivity index (χ1) is 12.8. The van der Waals surface area contributed by atoms with Crippen molar-refractivity contribution in [1.29, 1.82) is 0 Å². The Balaban J connectivity index is 1.60. The Morgan fingerprint density at radius 3 is 2.89 bits per heavy atom. The summed E-state index contributed by atoms with van der Waals surface area (Å²) in [5.41, 5.74) is 14.5. The van der Waals surface area contributed by atoms with Gasteiger partial charge in [0, 0.05) is 6.20 Å². The lowest BCUT2D eigenvalue weighted by Gasteiger charge is -2.19. The van der Waals surface area contributed by atoms with E-state index >= 15 is 0 Å². The van der Waals surface area contributed by atoms with Gasteiger partial charge >= 0.3 is 6.29 Å². The van der Waals surface area contributed by atoms with Crippen molar-refractivity contribution < 1.29 is 23.0 Å². The fraction of sp³-hybridized carbons (Fsp3) is 0.125. The monoisotopic (exact) mass is 393 g/mol. The molecule has 140 valence electrons. The van der Waals surface area contributed by atoms with Crippen molar-refractivity contribution in [3.05, 3.63) is 52.8 Å². The lowest BCUT2D eigenvalue weighted by atomic mass is 10.1. The van der Waals surface area contributed by atoms with E-state index in [0.717, 1.165) is 10.4 Å². The fourth-order valence-electron chi connectivity index (χ4n) is 2.65. The van der Waals surface area contributed by atoms with Crippen LogP contribution in [0.2, 0.25) is 0 Å². The lowest BCUT2D eigenvalue weighted by Crippen LogP contribution is -2.34. The largest absolute Gasteiger partial charge is 0.586 e. The topological polar surface area (TPSA) is 125 Å². The minimum Gasteiger partial charge on any atom is -0.398 e. The number of aromatic nitrogens is 1. The number of carbonyl (C=O) groups is 1. The van der Waals surface area contributed by atoms with Gasteiger partial charge in [-0.05, 0) is 17.7 Å². The minimum atomic E-state index is -3.81. The second-order valence-corrected chi connectivity index (χ2v) is 6.57. The third kappa shape index (κ3) is 3.12. The zero-order valence-electron chi connectivity index (χ0n) is 13.6. The van der Waals surface area contributed by atoms with Crippen LogP contribution in [0.4, 0.5) is 20.2 Å². The van der Waals surface area contributed by atoms with Gasteiger partial charge in [0.05, 0.1) is 28.3 Å². The number of anilines is 2. The van der Waals surface area contributed by atoms with E-state index in [9.17, 15) is 13.6 Å². The molecule has 0 atom stereocenters. The van der Waals surface area contributed by atoms with Gasteiger partial charge in [0.15, 0.2) is 11.5 Å². The number of amides is 1. The van der Waals surface area contributed by atoms with Crippen molar-refractivity contribution in [1.82, 2.24) is 10.3 Å². The highest BCUT2D eigenvalue weighted by Crippen LogP contribution is 2.38. The van der Waals surface area contributed by atoms with Crippen molar-refractivity contribution in [2.24, 2.45) is 5.73 Å². The van der Waals surface area contributed by atoms with Gasteiger partial charge < -0.3 is 31.6 Å². The number of nitrogens with one attached hydrogen (secondary N) is 2. The molecule has 2 aliphatic heterocycles. The average molecular weight is 393 g/mol. The molecule has 0 aliphatic carbocycles. The van der Waals surface area contributed by atoms with Crippen LogP contribution in [0.1, 0.15) is 0 Å².